The van der Waals surface area contributed by atoms with E-state index >= 15 is 0 Å². The van der Waals surface area contributed by atoms with E-state index in [1.807, 2.05) is 4.90 Å². The second-order valence-electron chi connectivity index (χ2n) is 4.36. The summed E-state index contributed by atoms with van der Waals surface area (Å²) < 4.78 is 1.80. The maximum atomic E-state index is 12.0. The van der Waals surface area contributed by atoms with E-state index in [4.69, 9.17) is 5.73 Å². The molecule has 5 nitrogen and oxygen atoms in total. The fourth-order valence-corrected chi connectivity index (χ4v) is 1.96. The van der Waals surface area contributed by atoms with Crippen LogP contribution >= 0.6 is 0 Å². The summed E-state index contributed by atoms with van der Waals surface area (Å²) in [6.45, 7) is 1.49. The fourth-order valence-electron chi connectivity index (χ4n) is 1.96. The third kappa shape index (κ3) is 1.43. The lowest BCUT2D eigenvalue weighted by Crippen LogP contribution is -2.57. The van der Waals surface area contributed by atoms with Gasteiger partial charge in [0.15, 0.2) is 5.82 Å². The third-order valence-electron chi connectivity index (χ3n) is 3.00. The number of aromatic nitrogens is 2. The lowest BCUT2D eigenvalue weighted by atomic mass is 10.1. The van der Waals surface area contributed by atoms with Crippen molar-refractivity contribution in [2.75, 3.05) is 18.0 Å². The van der Waals surface area contributed by atoms with Crippen LogP contribution in [-0.4, -0.2) is 28.7 Å². The Morgan fingerprint density at radius 2 is 2.13 bits per heavy atom. The van der Waals surface area contributed by atoms with Crippen molar-refractivity contribution in [3.8, 4) is 0 Å². The van der Waals surface area contributed by atoms with Gasteiger partial charge in [-0.2, -0.15) is 0 Å². The maximum Gasteiger partial charge on any atom is 0.293 e. The lowest BCUT2D eigenvalue weighted by molar-refractivity contribution is 0.508. The van der Waals surface area contributed by atoms with Gasteiger partial charge in [-0.1, -0.05) is 0 Å². The minimum Gasteiger partial charge on any atom is -0.349 e. The first-order valence-corrected chi connectivity index (χ1v) is 5.33. The van der Waals surface area contributed by atoms with Gasteiger partial charge in [-0.3, -0.25) is 4.79 Å². The van der Waals surface area contributed by atoms with Gasteiger partial charge in [-0.05, 0) is 12.8 Å². The average Bonchev–Trinajstić information content (AvgIpc) is 2.97. The molecule has 0 amide bonds. The molecular formula is C10H14N4O. The molecule has 1 saturated heterocycles. The van der Waals surface area contributed by atoms with Gasteiger partial charge in [0.05, 0.1) is 0 Å². The molecule has 1 aromatic heterocycles. The van der Waals surface area contributed by atoms with Crippen molar-refractivity contribution in [1.82, 2.24) is 9.55 Å². The van der Waals surface area contributed by atoms with Crippen LogP contribution in [0.3, 0.4) is 0 Å². The first-order chi connectivity index (χ1) is 7.25. The van der Waals surface area contributed by atoms with Crippen molar-refractivity contribution in [3.05, 3.63) is 22.7 Å². The van der Waals surface area contributed by atoms with Crippen molar-refractivity contribution >= 4 is 5.82 Å². The predicted molar refractivity (Wildman–Crippen MR) is 57.0 cm³/mol. The number of nitrogens with two attached hydrogens (primary N) is 1. The molecule has 0 atom stereocenters. The molecule has 1 aliphatic heterocycles. The standard InChI is InChI=1S/C10H14N4O/c11-7-5-13(6-7)9-10(15)14(4-3-12-9)8-1-2-8/h3-4,7-8H,1-2,5-6,11H2. The molecule has 2 fully saturated rings. The number of hydrogen-bond donors (Lipinski definition) is 1. The highest BCUT2D eigenvalue weighted by molar-refractivity contribution is 5.40. The normalized spacial score (nSPS) is 21.5. The van der Waals surface area contributed by atoms with Crippen LogP contribution in [0.2, 0.25) is 0 Å². The Balaban J connectivity index is 1.94. The molecule has 15 heavy (non-hydrogen) atoms. The van der Waals surface area contributed by atoms with Crippen LogP contribution in [0.4, 0.5) is 5.82 Å². The Labute approximate surface area is 87.5 Å². The molecule has 1 saturated carbocycles. The van der Waals surface area contributed by atoms with E-state index in [-0.39, 0.29) is 11.6 Å². The summed E-state index contributed by atoms with van der Waals surface area (Å²) in [6, 6.07) is 0.606. The SMILES string of the molecule is NC1CN(c2nccn(C3CC3)c2=O)C1. The summed E-state index contributed by atoms with van der Waals surface area (Å²) in [6.07, 6.45) is 5.72. The lowest BCUT2D eigenvalue weighted by Gasteiger charge is -2.37. The van der Waals surface area contributed by atoms with E-state index in [1.165, 1.54) is 0 Å². The summed E-state index contributed by atoms with van der Waals surface area (Å²) in [7, 11) is 0. The van der Waals surface area contributed by atoms with Gasteiger partial charge in [0, 0.05) is 37.6 Å². The van der Waals surface area contributed by atoms with Crippen molar-refractivity contribution in [2.24, 2.45) is 5.73 Å². The molecule has 5 heteroatoms. The molecule has 2 heterocycles. The number of rotatable bonds is 2. The molecule has 0 aromatic carbocycles. The predicted octanol–water partition coefficient (Wildman–Crippen LogP) is -0.275. The van der Waals surface area contributed by atoms with Crippen molar-refractivity contribution in [1.29, 1.82) is 0 Å². The van der Waals surface area contributed by atoms with Gasteiger partial charge in [0.1, 0.15) is 0 Å². The zero-order valence-corrected chi connectivity index (χ0v) is 8.47. The van der Waals surface area contributed by atoms with E-state index in [0.29, 0.717) is 11.9 Å². The van der Waals surface area contributed by atoms with E-state index in [2.05, 4.69) is 4.98 Å². The van der Waals surface area contributed by atoms with E-state index in [0.717, 1.165) is 25.9 Å². The molecule has 0 bridgehead atoms. The first-order valence-electron chi connectivity index (χ1n) is 5.33. The van der Waals surface area contributed by atoms with Crippen LogP contribution < -0.4 is 16.2 Å². The summed E-state index contributed by atoms with van der Waals surface area (Å²) in [5.41, 5.74) is 5.72. The molecule has 1 aliphatic carbocycles. The van der Waals surface area contributed by atoms with Crippen LogP contribution in [0, 0.1) is 0 Å². The van der Waals surface area contributed by atoms with Gasteiger partial charge in [0.2, 0.25) is 0 Å². The number of anilines is 1. The van der Waals surface area contributed by atoms with Crippen molar-refractivity contribution in [2.45, 2.75) is 24.9 Å². The van der Waals surface area contributed by atoms with E-state index in [9.17, 15) is 4.79 Å². The van der Waals surface area contributed by atoms with Crippen molar-refractivity contribution < 1.29 is 0 Å². The summed E-state index contributed by atoms with van der Waals surface area (Å²) in [5.74, 6) is 0.561. The molecule has 0 spiro atoms. The first kappa shape index (κ1) is 8.91. The van der Waals surface area contributed by atoms with Gasteiger partial charge in [-0.25, -0.2) is 4.98 Å². The number of hydrogen-bond acceptors (Lipinski definition) is 4. The maximum absolute atomic E-state index is 12.0. The zero-order valence-electron chi connectivity index (χ0n) is 8.47. The highest BCUT2D eigenvalue weighted by atomic mass is 16.1. The van der Waals surface area contributed by atoms with Crippen LogP contribution in [0.5, 0.6) is 0 Å². The Hall–Kier alpha value is -1.36. The second kappa shape index (κ2) is 3.06. The average molecular weight is 206 g/mol. The van der Waals surface area contributed by atoms with E-state index < -0.39 is 0 Å². The minimum absolute atomic E-state index is 0.0342. The Morgan fingerprint density at radius 1 is 1.40 bits per heavy atom. The van der Waals surface area contributed by atoms with Gasteiger partial charge in [0.25, 0.3) is 5.56 Å². The molecular weight excluding hydrogens is 192 g/mol. The zero-order chi connectivity index (χ0) is 10.4. The number of nitrogens with zero attached hydrogens (tertiary/aromatic N) is 3. The molecule has 2 aliphatic rings. The summed E-state index contributed by atoms with van der Waals surface area (Å²) >= 11 is 0. The molecule has 0 unspecified atom stereocenters. The highest BCUT2D eigenvalue weighted by Crippen LogP contribution is 2.33. The fraction of sp³-hybridized carbons (Fsp3) is 0.600. The van der Waals surface area contributed by atoms with Crippen LogP contribution in [0.1, 0.15) is 18.9 Å². The van der Waals surface area contributed by atoms with Crippen LogP contribution in [0.15, 0.2) is 17.2 Å². The second-order valence-corrected chi connectivity index (χ2v) is 4.36. The molecule has 2 N–H and O–H groups in total. The molecule has 0 radical (unpaired) electrons. The van der Waals surface area contributed by atoms with Crippen LogP contribution in [-0.2, 0) is 0 Å². The highest BCUT2D eigenvalue weighted by Gasteiger charge is 2.30. The largest absolute Gasteiger partial charge is 0.349 e. The van der Waals surface area contributed by atoms with Gasteiger partial charge < -0.3 is 15.2 Å². The summed E-state index contributed by atoms with van der Waals surface area (Å²) in [4.78, 5) is 18.1. The molecule has 1 aromatic rings. The smallest absolute Gasteiger partial charge is 0.293 e. The Kier molecular flexibility index (Phi) is 1.82. The topological polar surface area (TPSA) is 64.2 Å². The Bertz CT molecular complexity index is 431. The molecule has 80 valence electrons. The Morgan fingerprint density at radius 3 is 2.73 bits per heavy atom. The molecule has 3 rings (SSSR count). The third-order valence-corrected chi connectivity index (χ3v) is 3.00. The van der Waals surface area contributed by atoms with Gasteiger partial charge >= 0.3 is 0 Å². The minimum atomic E-state index is 0.0342. The van der Waals surface area contributed by atoms with Crippen molar-refractivity contribution in [3.63, 3.8) is 0 Å². The van der Waals surface area contributed by atoms with E-state index in [1.54, 1.807) is 17.0 Å². The van der Waals surface area contributed by atoms with Gasteiger partial charge in [-0.15, -0.1) is 0 Å². The van der Waals surface area contributed by atoms with Crippen LogP contribution in [0.25, 0.3) is 0 Å². The quantitative estimate of drug-likeness (QED) is 0.723. The summed E-state index contributed by atoms with van der Waals surface area (Å²) in [5, 5.41) is 0. The monoisotopic (exact) mass is 206 g/mol.